The molecule has 3 aromatic rings. The number of thiophene rings is 1. The molecule has 0 bridgehead atoms. The molecule has 0 aliphatic carbocycles. The molecule has 1 N–H and O–H groups in total. The lowest BCUT2D eigenvalue weighted by atomic mass is 10.1. The van der Waals surface area contributed by atoms with Crippen LogP contribution < -0.4 is 5.32 Å². The Balaban J connectivity index is 1.48. The van der Waals surface area contributed by atoms with Gasteiger partial charge in [-0.2, -0.15) is 0 Å². The predicted octanol–water partition coefficient (Wildman–Crippen LogP) is 4.98. The summed E-state index contributed by atoms with van der Waals surface area (Å²) in [6.45, 7) is 2.58. The second kappa shape index (κ2) is 8.21. The molecule has 0 unspecified atom stereocenters. The molecule has 0 aliphatic rings. The van der Waals surface area contributed by atoms with Gasteiger partial charge in [0.2, 0.25) is 5.91 Å². The van der Waals surface area contributed by atoms with Crippen molar-refractivity contribution in [3.8, 4) is 10.6 Å². The summed E-state index contributed by atoms with van der Waals surface area (Å²) in [5.41, 5.74) is 1.80. The Kier molecular flexibility index (Phi) is 5.98. The molecule has 0 aliphatic heterocycles. The van der Waals surface area contributed by atoms with Gasteiger partial charge in [-0.3, -0.25) is 4.79 Å². The van der Waals surface area contributed by atoms with Gasteiger partial charge in [0.15, 0.2) is 0 Å². The molecular weight excluding hydrogens is 423 g/mol. The van der Waals surface area contributed by atoms with Gasteiger partial charge in [0, 0.05) is 16.8 Å². The number of carbonyl (C=O) groups is 1. The monoisotopic (exact) mass is 438 g/mol. The minimum atomic E-state index is -0.326. The van der Waals surface area contributed by atoms with Gasteiger partial charge in [-0.15, -0.1) is 22.7 Å². The molecular formula is C18H16BrFN2OS2. The molecule has 0 saturated carbocycles. The van der Waals surface area contributed by atoms with Crippen LogP contribution in [0, 0.1) is 12.7 Å². The van der Waals surface area contributed by atoms with Crippen LogP contribution in [0.5, 0.6) is 0 Å². The molecule has 0 spiro atoms. The fraction of sp³-hybridized carbons (Fsp3) is 0.222. The molecule has 130 valence electrons. The van der Waals surface area contributed by atoms with Crippen molar-refractivity contribution in [1.29, 1.82) is 0 Å². The van der Waals surface area contributed by atoms with Gasteiger partial charge in [-0.1, -0.05) is 6.07 Å². The molecule has 7 heteroatoms. The van der Waals surface area contributed by atoms with Crippen LogP contribution in [0.25, 0.3) is 10.6 Å². The highest BCUT2D eigenvalue weighted by atomic mass is 79.9. The zero-order chi connectivity index (χ0) is 17.8. The van der Waals surface area contributed by atoms with E-state index in [9.17, 15) is 9.18 Å². The summed E-state index contributed by atoms with van der Waals surface area (Å²) in [5, 5.41) is 6.03. The molecule has 0 fully saturated rings. The molecule has 2 heterocycles. The number of aryl methyl sites for hydroxylation is 1. The van der Waals surface area contributed by atoms with E-state index < -0.39 is 0 Å². The molecule has 3 rings (SSSR count). The van der Waals surface area contributed by atoms with E-state index in [-0.39, 0.29) is 18.1 Å². The number of hydrogen-bond donors (Lipinski definition) is 1. The largest absolute Gasteiger partial charge is 0.355 e. The van der Waals surface area contributed by atoms with Gasteiger partial charge in [0.05, 0.1) is 26.5 Å². The first kappa shape index (κ1) is 18.2. The van der Waals surface area contributed by atoms with Crippen LogP contribution in [0.1, 0.15) is 15.4 Å². The number of amides is 1. The summed E-state index contributed by atoms with van der Waals surface area (Å²) < 4.78 is 13.6. The summed E-state index contributed by atoms with van der Waals surface area (Å²) >= 11 is 6.48. The maximum Gasteiger partial charge on any atom is 0.224 e. The number of nitrogens with one attached hydrogen (secondary N) is 1. The Morgan fingerprint density at radius 2 is 2.16 bits per heavy atom. The van der Waals surface area contributed by atoms with Gasteiger partial charge in [0.25, 0.3) is 0 Å². The zero-order valence-electron chi connectivity index (χ0n) is 13.5. The summed E-state index contributed by atoms with van der Waals surface area (Å²) in [6, 6.07) is 8.78. The van der Waals surface area contributed by atoms with E-state index in [2.05, 4.69) is 43.7 Å². The Bertz CT molecular complexity index is 891. The van der Waals surface area contributed by atoms with Crippen molar-refractivity contribution in [1.82, 2.24) is 10.3 Å². The molecule has 25 heavy (non-hydrogen) atoms. The lowest BCUT2D eigenvalue weighted by molar-refractivity contribution is -0.120. The number of benzene rings is 1. The van der Waals surface area contributed by atoms with E-state index >= 15 is 0 Å². The number of carbonyl (C=O) groups excluding carboxylic acids is 1. The van der Waals surface area contributed by atoms with Crippen molar-refractivity contribution >= 4 is 44.5 Å². The summed E-state index contributed by atoms with van der Waals surface area (Å²) in [5.74, 6) is -0.390. The van der Waals surface area contributed by atoms with Crippen LogP contribution in [-0.4, -0.2) is 17.4 Å². The fourth-order valence-electron chi connectivity index (χ4n) is 2.35. The van der Waals surface area contributed by atoms with Gasteiger partial charge in [0.1, 0.15) is 5.82 Å². The van der Waals surface area contributed by atoms with Crippen LogP contribution in [0.15, 0.2) is 40.2 Å². The normalized spacial score (nSPS) is 10.8. The van der Waals surface area contributed by atoms with E-state index in [1.807, 2.05) is 6.92 Å². The van der Waals surface area contributed by atoms with Crippen LogP contribution in [0.4, 0.5) is 4.39 Å². The lowest BCUT2D eigenvalue weighted by Crippen LogP contribution is -2.27. The fourth-order valence-corrected chi connectivity index (χ4v) is 4.43. The third kappa shape index (κ3) is 4.96. The highest BCUT2D eigenvalue weighted by Gasteiger charge is 2.08. The maximum atomic E-state index is 13.2. The minimum absolute atomic E-state index is 0.0644. The quantitative estimate of drug-likeness (QED) is 0.589. The van der Waals surface area contributed by atoms with E-state index in [4.69, 9.17) is 0 Å². The predicted molar refractivity (Wildman–Crippen MR) is 105 cm³/mol. The van der Waals surface area contributed by atoms with Gasteiger partial charge in [-0.25, -0.2) is 9.37 Å². The second-order valence-corrected chi connectivity index (χ2v) is 8.63. The van der Waals surface area contributed by atoms with Crippen molar-refractivity contribution in [3.05, 3.63) is 61.5 Å². The van der Waals surface area contributed by atoms with Crippen molar-refractivity contribution in [3.63, 3.8) is 0 Å². The van der Waals surface area contributed by atoms with E-state index in [1.165, 1.54) is 10.9 Å². The third-order valence-corrected chi connectivity index (χ3v) is 6.12. The van der Waals surface area contributed by atoms with Crippen molar-refractivity contribution < 1.29 is 9.18 Å². The molecule has 1 aromatic carbocycles. The number of aromatic nitrogens is 1. The number of halogens is 2. The highest BCUT2D eigenvalue weighted by molar-refractivity contribution is 9.10. The number of nitrogens with zero attached hydrogens (tertiary/aromatic N) is 1. The van der Waals surface area contributed by atoms with E-state index in [0.717, 1.165) is 27.6 Å². The smallest absolute Gasteiger partial charge is 0.224 e. The van der Waals surface area contributed by atoms with Crippen LogP contribution in [0.3, 0.4) is 0 Å². The summed E-state index contributed by atoms with van der Waals surface area (Å²) in [4.78, 5) is 18.9. The molecule has 0 saturated heterocycles. The standard InChI is InChI=1S/C18H16BrFN2OS2/c1-11-22-16(10-24-11)17-5-3-13(25-17)6-7-21-18(23)9-12-2-4-15(20)14(19)8-12/h2-5,8,10H,6-7,9H2,1H3,(H,21,23). The number of rotatable bonds is 6. The van der Waals surface area contributed by atoms with Crippen molar-refractivity contribution in [2.75, 3.05) is 6.54 Å². The van der Waals surface area contributed by atoms with Crippen molar-refractivity contribution in [2.45, 2.75) is 19.8 Å². The summed E-state index contributed by atoms with van der Waals surface area (Å²) in [7, 11) is 0. The Morgan fingerprint density at radius 1 is 1.32 bits per heavy atom. The van der Waals surface area contributed by atoms with E-state index in [1.54, 1.807) is 34.8 Å². The first-order valence-corrected chi connectivity index (χ1v) is 10.2. The first-order valence-electron chi connectivity index (χ1n) is 7.73. The Labute approximate surface area is 162 Å². The lowest BCUT2D eigenvalue weighted by Gasteiger charge is -2.05. The molecule has 0 atom stereocenters. The maximum absolute atomic E-state index is 13.2. The average molecular weight is 439 g/mol. The SMILES string of the molecule is Cc1nc(-c2ccc(CCNC(=O)Cc3ccc(F)c(Br)c3)s2)cs1. The third-order valence-electron chi connectivity index (χ3n) is 3.58. The van der Waals surface area contributed by atoms with Gasteiger partial charge in [-0.05, 0) is 59.1 Å². The second-order valence-electron chi connectivity index (χ2n) is 5.54. The topological polar surface area (TPSA) is 42.0 Å². The zero-order valence-corrected chi connectivity index (χ0v) is 16.7. The van der Waals surface area contributed by atoms with Gasteiger partial charge >= 0.3 is 0 Å². The van der Waals surface area contributed by atoms with Crippen LogP contribution >= 0.6 is 38.6 Å². The molecule has 0 radical (unpaired) electrons. The number of hydrogen-bond acceptors (Lipinski definition) is 4. The minimum Gasteiger partial charge on any atom is -0.355 e. The van der Waals surface area contributed by atoms with E-state index in [0.29, 0.717) is 11.0 Å². The van der Waals surface area contributed by atoms with Crippen molar-refractivity contribution in [2.24, 2.45) is 0 Å². The summed E-state index contributed by atoms with van der Waals surface area (Å²) in [6.07, 6.45) is 1.03. The number of thiazole rings is 1. The Morgan fingerprint density at radius 3 is 2.88 bits per heavy atom. The highest BCUT2D eigenvalue weighted by Crippen LogP contribution is 2.29. The van der Waals surface area contributed by atoms with Gasteiger partial charge < -0.3 is 5.32 Å². The molecule has 2 aromatic heterocycles. The molecule has 1 amide bonds. The Hall–Kier alpha value is -1.57. The van der Waals surface area contributed by atoms with Crippen LogP contribution in [-0.2, 0) is 17.6 Å². The van der Waals surface area contributed by atoms with Crippen LogP contribution in [0.2, 0.25) is 0 Å². The molecule has 3 nitrogen and oxygen atoms in total. The first-order chi connectivity index (χ1) is 12.0. The average Bonchev–Trinajstić information content (AvgIpc) is 3.20.